The molecule has 5 nitrogen and oxygen atoms in total. The van der Waals surface area contributed by atoms with Crippen LogP contribution in [0, 0.1) is 11.3 Å². The molecule has 0 amide bonds. The summed E-state index contributed by atoms with van der Waals surface area (Å²) in [6.07, 6.45) is 3.31. The van der Waals surface area contributed by atoms with Crippen LogP contribution in [0.25, 0.3) is 0 Å². The third kappa shape index (κ3) is 2.21. The van der Waals surface area contributed by atoms with Crippen molar-refractivity contribution in [3.05, 3.63) is 12.2 Å². The van der Waals surface area contributed by atoms with Gasteiger partial charge in [0, 0.05) is 31.8 Å². The monoisotopic (exact) mass is 268 g/mol. The number of carbonyl (C=O) groups is 2. The summed E-state index contributed by atoms with van der Waals surface area (Å²) < 4.78 is 16.6. The van der Waals surface area contributed by atoms with Crippen molar-refractivity contribution in [3.63, 3.8) is 0 Å². The Morgan fingerprint density at radius 2 is 2.16 bits per heavy atom. The Morgan fingerprint density at radius 3 is 2.74 bits per heavy atom. The molecule has 5 heteroatoms. The normalized spacial score (nSPS) is 41.8. The van der Waals surface area contributed by atoms with E-state index in [1.54, 1.807) is 13.2 Å². The summed E-state index contributed by atoms with van der Waals surface area (Å²) in [7, 11) is 1.58. The maximum absolute atomic E-state index is 11.7. The molecule has 19 heavy (non-hydrogen) atoms. The number of ketones is 1. The number of ether oxygens (including phenoxy) is 3. The molecule has 0 spiro atoms. The average molecular weight is 268 g/mol. The van der Waals surface area contributed by atoms with Crippen molar-refractivity contribution in [2.45, 2.75) is 39.1 Å². The van der Waals surface area contributed by atoms with Crippen molar-refractivity contribution < 1.29 is 23.8 Å². The second-order valence-corrected chi connectivity index (χ2v) is 5.50. The highest BCUT2D eigenvalue weighted by atomic mass is 16.7. The third-order valence-corrected chi connectivity index (χ3v) is 4.46. The van der Waals surface area contributed by atoms with Gasteiger partial charge in [-0.2, -0.15) is 0 Å². The molecular formula is C14H20O5. The number of allylic oxidation sites excluding steroid dienone is 1. The van der Waals surface area contributed by atoms with Gasteiger partial charge in [-0.25, -0.2) is 0 Å². The maximum atomic E-state index is 11.7. The fourth-order valence-corrected chi connectivity index (χ4v) is 3.01. The van der Waals surface area contributed by atoms with Gasteiger partial charge >= 0.3 is 5.97 Å². The second-order valence-electron chi connectivity index (χ2n) is 5.50. The predicted octanol–water partition coefficient (Wildman–Crippen LogP) is 1.46. The molecule has 0 unspecified atom stereocenters. The van der Waals surface area contributed by atoms with Crippen molar-refractivity contribution in [1.82, 2.24) is 0 Å². The molecule has 1 saturated heterocycles. The number of methoxy groups -OCH3 is 1. The minimum Gasteiger partial charge on any atom is -0.460 e. The molecule has 1 aliphatic heterocycles. The molecular weight excluding hydrogens is 248 g/mol. The van der Waals surface area contributed by atoms with E-state index in [2.05, 4.69) is 0 Å². The molecule has 1 aliphatic carbocycles. The molecule has 0 aromatic carbocycles. The molecule has 0 radical (unpaired) electrons. The lowest BCUT2D eigenvalue weighted by atomic mass is 9.62. The fourth-order valence-electron chi connectivity index (χ4n) is 3.01. The Kier molecular flexibility index (Phi) is 3.53. The van der Waals surface area contributed by atoms with Crippen LogP contribution in [0.15, 0.2) is 12.2 Å². The van der Waals surface area contributed by atoms with Crippen molar-refractivity contribution in [1.29, 1.82) is 0 Å². The summed E-state index contributed by atoms with van der Waals surface area (Å²) in [4.78, 5) is 22.9. The van der Waals surface area contributed by atoms with Crippen LogP contribution in [0.3, 0.4) is 0 Å². The van der Waals surface area contributed by atoms with Crippen LogP contribution in [0.2, 0.25) is 0 Å². The Balaban J connectivity index is 2.38. The highest BCUT2D eigenvalue weighted by Gasteiger charge is 2.58. The summed E-state index contributed by atoms with van der Waals surface area (Å²) in [5.74, 6) is -1.28. The molecule has 0 aromatic rings. The Labute approximate surface area is 112 Å². The fraction of sp³-hybridized carbons (Fsp3) is 0.714. The van der Waals surface area contributed by atoms with Crippen molar-refractivity contribution in [2.75, 3.05) is 13.7 Å². The summed E-state index contributed by atoms with van der Waals surface area (Å²) in [5, 5.41) is 0. The molecule has 0 saturated carbocycles. The van der Waals surface area contributed by atoms with Gasteiger partial charge in [0.05, 0.1) is 6.61 Å². The van der Waals surface area contributed by atoms with Gasteiger partial charge in [-0.1, -0.05) is 13.0 Å². The lowest BCUT2D eigenvalue weighted by molar-refractivity contribution is -0.319. The van der Waals surface area contributed by atoms with E-state index in [1.807, 2.05) is 19.9 Å². The second kappa shape index (κ2) is 4.72. The van der Waals surface area contributed by atoms with Gasteiger partial charge in [0.1, 0.15) is 6.10 Å². The minimum absolute atomic E-state index is 0.0416. The molecule has 0 bridgehead atoms. The number of hydrogen-bond donors (Lipinski definition) is 0. The van der Waals surface area contributed by atoms with Gasteiger partial charge in [0.2, 0.25) is 0 Å². The number of esters is 1. The standard InChI is InChI=1S/C14H20O5/c1-9(15)19-12-8-18-14(3,17-4)13(2)6-5-10(16)7-11(12)13/h5-6,11-12H,7-8H2,1-4H3/t11-,12+,13+,14-/m0/s1. The summed E-state index contributed by atoms with van der Waals surface area (Å²) in [5.41, 5.74) is -0.506. The zero-order valence-corrected chi connectivity index (χ0v) is 11.8. The molecule has 0 N–H and O–H groups in total. The molecule has 2 rings (SSSR count). The lowest BCUT2D eigenvalue weighted by Crippen LogP contribution is -2.61. The van der Waals surface area contributed by atoms with E-state index in [4.69, 9.17) is 14.2 Å². The van der Waals surface area contributed by atoms with Crippen LogP contribution in [0.5, 0.6) is 0 Å². The molecule has 1 fully saturated rings. The summed E-state index contributed by atoms with van der Waals surface area (Å²) >= 11 is 0. The average Bonchev–Trinajstić information content (AvgIpc) is 2.35. The van der Waals surface area contributed by atoms with Crippen LogP contribution in [0.1, 0.15) is 27.2 Å². The van der Waals surface area contributed by atoms with Crippen LogP contribution in [-0.4, -0.2) is 37.4 Å². The first-order valence-electron chi connectivity index (χ1n) is 6.41. The van der Waals surface area contributed by atoms with E-state index in [9.17, 15) is 9.59 Å². The number of carbonyl (C=O) groups excluding carboxylic acids is 2. The Bertz CT molecular complexity index is 430. The lowest BCUT2D eigenvalue weighted by Gasteiger charge is -2.54. The van der Waals surface area contributed by atoms with Gasteiger partial charge in [-0.3, -0.25) is 9.59 Å². The van der Waals surface area contributed by atoms with Crippen molar-refractivity contribution >= 4 is 11.8 Å². The van der Waals surface area contributed by atoms with E-state index in [0.717, 1.165) is 0 Å². The first-order valence-corrected chi connectivity index (χ1v) is 6.41. The van der Waals surface area contributed by atoms with Gasteiger partial charge in [-0.15, -0.1) is 0 Å². The highest BCUT2D eigenvalue weighted by Crippen LogP contribution is 2.51. The Morgan fingerprint density at radius 1 is 1.47 bits per heavy atom. The van der Waals surface area contributed by atoms with E-state index in [-0.39, 0.29) is 24.3 Å². The molecule has 4 atom stereocenters. The van der Waals surface area contributed by atoms with Crippen molar-refractivity contribution in [2.24, 2.45) is 11.3 Å². The van der Waals surface area contributed by atoms with Crippen LogP contribution in [0.4, 0.5) is 0 Å². The van der Waals surface area contributed by atoms with Gasteiger partial charge in [-0.05, 0) is 13.0 Å². The van der Waals surface area contributed by atoms with E-state index in [1.165, 1.54) is 6.92 Å². The molecule has 2 aliphatic rings. The van der Waals surface area contributed by atoms with Gasteiger partial charge in [0.15, 0.2) is 11.6 Å². The van der Waals surface area contributed by atoms with E-state index in [0.29, 0.717) is 6.42 Å². The number of rotatable bonds is 2. The highest BCUT2D eigenvalue weighted by molar-refractivity contribution is 5.91. The molecule has 106 valence electrons. The number of fused-ring (bicyclic) bond motifs is 1. The van der Waals surface area contributed by atoms with Gasteiger partial charge in [0.25, 0.3) is 0 Å². The minimum atomic E-state index is -0.828. The smallest absolute Gasteiger partial charge is 0.302 e. The first kappa shape index (κ1) is 14.2. The maximum Gasteiger partial charge on any atom is 0.302 e. The topological polar surface area (TPSA) is 61.8 Å². The Hall–Kier alpha value is -1.20. The van der Waals surface area contributed by atoms with E-state index >= 15 is 0 Å². The molecule has 0 aromatic heterocycles. The SMILES string of the molecule is CO[C@@]1(C)OC[C@@H](OC(C)=O)[C@@H]2CC(=O)C=C[C@]21C. The van der Waals surface area contributed by atoms with Crippen LogP contribution in [-0.2, 0) is 23.8 Å². The third-order valence-electron chi connectivity index (χ3n) is 4.46. The largest absolute Gasteiger partial charge is 0.460 e. The molecule has 1 heterocycles. The van der Waals surface area contributed by atoms with Crippen molar-refractivity contribution in [3.8, 4) is 0 Å². The summed E-state index contributed by atoms with van der Waals surface area (Å²) in [6, 6.07) is 0. The quantitative estimate of drug-likeness (QED) is 0.710. The first-order chi connectivity index (χ1) is 8.82. The van der Waals surface area contributed by atoms with Gasteiger partial charge < -0.3 is 14.2 Å². The predicted molar refractivity (Wildman–Crippen MR) is 67.3 cm³/mol. The zero-order chi connectivity index (χ0) is 14.3. The van der Waals surface area contributed by atoms with E-state index < -0.39 is 17.3 Å². The number of hydrogen-bond acceptors (Lipinski definition) is 5. The zero-order valence-electron chi connectivity index (χ0n) is 11.8. The van der Waals surface area contributed by atoms with Crippen LogP contribution < -0.4 is 0 Å². The summed E-state index contributed by atoms with van der Waals surface area (Å²) in [6.45, 7) is 5.43. The van der Waals surface area contributed by atoms with Crippen LogP contribution >= 0.6 is 0 Å².